The highest BCUT2D eigenvalue weighted by Crippen LogP contribution is 2.25. The Labute approximate surface area is 164 Å². The zero-order chi connectivity index (χ0) is 20.0. The van der Waals surface area contributed by atoms with Gasteiger partial charge in [0.1, 0.15) is 23.8 Å². The number of amides is 2. The maximum absolute atomic E-state index is 13.1. The molecule has 0 aromatic heterocycles. The zero-order valence-electron chi connectivity index (χ0n) is 16.1. The number of nitrogens with two attached hydrogens (primary N) is 1. The number of nitrogens with zero attached hydrogens (tertiary/aromatic N) is 2. The number of primary amides is 1. The molecule has 0 radical (unpaired) electrons. The molecule has 2 aliphatic heterocycles. The third-order valence-corrected chi connectivity index (χ3v) is 5.22. The minimum absolute atomic E-state index is 0.0285. The van der Waals surface area contributed by atoms with Crippen LogP contribution >= 0.6 is 0 Å². The van der Waals surface area contributed by atoms with E-state index >= 15 is 0 Å². The number of rotatable bonds is 7. The van der Waals surface area contributed by atoms with Crippen molar-refractivity contribution in [2.75, 3.05) is 45.9 Å². The molecule has 7 nitrogen and oxygen atoms in total. The normalized spacial score (nSPS) is 23.4. The lowest BCUT2D eigenvalue weighted by molar-refractivity contribution is -0.162. The summed E-state index contributed by atoms with van der Waals surface area (Å²) in [7, 11) is 0. The van der Waals surface area contributed by atoms with Crippen LogP contribution in [0.2, 0.25) is 0 Å². The lowest BCUT2D eigenvalue weighted by Crippen LogP contribution is -2.59. The number of carbonyl (C=O) groups excluding carboxylic acids is 2. The van der Waals surface area contributed by atoms with Crippen LogP contribution < -0.4 is 10.5 Å². The number of halogens is 1. The molecule has 2 aliphatic rings. The van der Waals surface area contributed by atoms with Crippen molar-refractivity contribution in [3.05, 3.63) is 30.1 Å². The molecule has 2 amide bonds. The number of carbonyl (C=O) groups is 2. The van der Waals surface area contributed by atoms with Gasteiger partial charge in [-0.1, -0.05) is 6.42 Å². The minimum Gasteiger partial charge on any atom is -0.490 e. The van der Waals surface area contributed by atoms with Crippen LogP contribution in [0.1, 0.15) is 25.7 Å². The Morgan fingerprint density at radius 1 is 1.14 bits per heavy atom. The van der Waals surface area contributed by atoms with Crippen LogP contribution in [0, 0.1) is 5.82 Å². The van der Waals surface area contributed by atoms with Crippen LogP contribution in [-0.4, -0.2) is 73.2 Å². The Morgan fingerprint density at radius 2 is 1.86 bits per heavy atom. The Morgan fingerprint density at radius 3 is 2.54 bits per heavy atom. The van der Waals surface area contributed by atoms with Gasteiger partial charge in [0.15, 0.2) is 0 Å². The van der Waals surface area contributed by atoms with Gasteiger partial charge in [-0.05, 0) is 50.2 Å². The van der Waals surface area contributed by atoms with E-state index in [-0.39, 0.29) is 31.3 Å². The van der Waals surface area contributed by atoms with E-state index in [9.17, 15) is 14.0 Å². The molecular formula is C20H28FN3O4. The van der Waals surface area contributed by atoms with E-state index in [1.807, 2.05) is 0 Å². The Kier molecular flexibility index (Phi) is 6.85. The van der Waals surface area contributed by atoms with Gasteiger partial charge in [-0.15, -0.1) is 0 Å². The van der Waals surface area contributed by atoms with Crippen molar-refractivity contribution in [2.24, 2.45) is 5.73 Å². The number of benzene rings is 1. The second-order valence-electron chi connectivity index (χ2n) is 7.57. The fraction of sp³-hybridized carbons (Fsp3) is 0.600. The predicted octanol–water partition coefficient (Wildman–Crippen LogP) is 1.16. The second-order valence-corrected chi connectivity index (χ2v) is 7.57. The lowest BCUT2D eigenvalue weighted by atomic mass is 9.97. The van der Waals surface area contributed by atoms with E-state index in [4.69, 9.17) is 15.2 Å². The lowest BCUT2D eigenvalue weighted by Gasteiger charge is -2.42. The van der Waals surface area contributed by atoms with E-state index in [0.717, 1.165) is 25.9 Å². The van der Waals surface area contributed by atoms with Crippen molar-refractivity contribution in [3.8, 4) is 5.75 Å². The summed E-state index contributed by atoms with van der Waals surface area (Å²) in [4.78, 5) is 28.3. The third kappa shape index (κ3) is 5.65. The summed E-state index contributed by atoms with van der Waals surface area (Å²) >= 11 is 0. The molecule has 0 bridgehead atoms. The molecule has 154 valence electrons. The Balaban J connectivity index is 1.64. The van der Waals surface area contributed by atoms with E-state index in [1.165, 1.54) is 30.7 Å². The quantitative estimate of drug-likeness (QED) is 0.752. The largest absolute Gasteiger partial charge is 0.490 e. The summed E-state index contributed by atoms with van der Waals surface area (Å²) in [6, 6.07) is 5.61. The van der Waals surface area contributed by atoms with Gasteiger partial charge < -0.3 is 20.1 Å². The average Bonchev–Trinajstić information content (AvgIpc) is 2.68. The Hall–Kier alpha value is -2.19. The van der Waals surface area contributed by atoms with Crippen LogP contribution in [0.4, 0.5) is 4.39 Å². The van der Waals surface area contributed by atoms with Gasteiger partial charge in [0.2, 0.25) is 11.8 Å². The van der Waals surface area contributed by atoms with Crippen LogP contribution in [0.25, 0.3) is 0 Å². The third-order valence-electron chi connectivity index (χ3n) is 5.22. The first-order valence-electron chi connectivity index (χ1n) is 9.77. The molecule has 0 unspecified atom stereocenters. The van der Waals surface area contributed by atoms with Crippen molar-refractivity contribution < 1.29 is 23.5 Å². The number of hydrogen-bond acceptors (Lipinski definition) is 5. The molecule has 2 N–H and O–H groups in total. The zero-order valence-corrected chi connectivity index (χ0v) is 16.1. The van der Waals surface area contributed by atoms with Gasteiger partial charge in [0, 0.05) is 6.54 Å². The number of hydrogen-bond donors (Lipinski definition) is 1. The molecule has 3 rings (SSSR count). The SMILES string of the molecule is NC(=O)C[C@]1(COc2ccc(F)cc2)CN(C(=O)CN2CCCCC2)CCO1. The molecule has 0 spiro atoms. The number of morpholine rings is 1. The van der Waals surface area contributed by atoms with Gasteiger partial charge in [0.25, 0.3) is 0 Å². The average molecular weight is 393 g/mol. The highest BCUT2D eigenvalue weighted by molar-refractivity contribution is 5.79. The van der Waals surface area contributed by atoms with Crippen LogP contribution in [-0.2, 0) is 14.3 Å². The first-order valence-corrected chi connectivity index (χ1v) is 9.77. The topological polar surface area (TPSA) is 85.1 Å². The minimum atomic E-state index is -1.00. The maximum Gasteiger partial charge on any atom is 0.236 e. The molecule has 2 heterocycles. The molecule has 0 aliphatic carbocycles. The van der Waals surface area contributed by atoms with Crippen molar-refractivity contribution in [2.45, 2.75) is 31.3 Å². The molecule has 0 saturated carbocycles. The van der Waals surface area contributed by atoms with Gasteiger partial charge in [-0.25, -0.2) is 4.39 Å². The smallest absolute Gasteiger partial charge is 0.236 e. The van der Waals surface area contributed by atoms with Crippen LogP contribution in [0.3, 0.4) is 0 Å². The van der Waals surface area contributed by atoms with Crippen molar-refractivity contribution in [1.29, 1.82) is 0 Å². The summed E-state index contributed by atoms with van der Waals surface area (Å²) < 4.78 is 24.7. The van der Waals surface area contributed by atoms with Gasteiger partial charge >= 0.3 is 0 Å². The van der Waals surface area contributed by atoms with Crippen molar-refractivity contribution >= 4 is 11.8 Å². The number of likely N-dealkylation sites (tertiary alicyclic amines) is 1. The fourth-order valence-corrected chi connectivity index (χ4v) is 3.78. The summed E-state index contributed by atoms with van der Waals surface area (Å²) in [5.74, 6) is -0.387. The molecule has 1 aromatic rings. The van der Waals surface area contributed by atoms with Gasteiger partial charge in [-0.3, -0.25) is 14.5 Å². The molecular weight excluding hydrogens is 365 g/mol. The number of piperidine rings is 1. The predicted molar refractivity (Wildman–Crippen MR) is 101 cm³/mol. The number of ether oxygens (including phenoxy) is 2. The van der Waals surface area contributed by atoms with Crippen LogP contribution in [0.5, 0.6) is 5.75 Å². The summed E-state index contributed by atoms with van der Waals surface area (Å²) in [6.07, 6.45) is 3.40. The summed E-state index contributed by atoms with van der Waals surface area (Å²) in [5.41, 5.74) is 4.43. The monoisotopic (exact) mass is 393 g/mol. The van der Waals surface area contributed by atoms with Crippen molar-refractivity contribution in [3.63, 3.8) is 0 Å². The summed E-state index contributed by atoms with van der Waals surface area (Å²) in [5, 5.41) is 0. The van der Waals surface area contributed by atoms with Crippen molar-refractivity contribution in [1.82, 2.24) is 9.80 Å². The second kappa shape index (κ2) is 9.34. The molecule has 8 heteroatoms. The fourth-order valence-electron chi connectivity index (χ4n) is 3.78. The first kappa shape index (κ1) is 20.5. The van der Waals surface area contributed by atoms with Gasteiger partial charge in [-0.2, -0.15) is 0 Å². The highest BCUT2D eigenvalue weighted by Gasteiger charge is 2.41. The molecule has 1 aromatic carbocycles. The highest BCUT2D eigenvalue weighted by atomic mass is 19.1. The molecule has 28 heavy (non-hydrogen) atoms. The van der Waals surface area contributed by atoms with E-state index in [1.54, 1.807) is 4.90 Å². The van der Waals surface area contributed by atoms with Crippen LogP contribution in [0.15, 0.2) is 24.3 Å². The summed E-state index contributed by atoms with van der Waals surface area (Å²) in [6.45, 7) is 3.34. The molecule has 2 saturated heterocycles. The molecule has 2 fully saturated rings. The first-order chi connectivity index (χ1) is 13.5. The van der Waals surface area contributed by atoms with E-state index in [2.05, 4.69) is 4.90 Å². The standard InChI is InChI=1S/C20H28FN3O4/c21-16-4-6-17(7-5-16)27-15-20(12-18(22)25)14-24(10-11-28-20)19(26)13-23-8-2-1-3-9-23/h4-7H,1-3,8-15H2,(H2,22,25)/t20-/m1/s1. The maximum atomic E-state index is 13.1. The van der Waals surface area contributed by atoms with Gasteiger partial charge in [0.05, 0.1) is 26.1 Å². The Bertz CT molecular complexity index is 679. The van der Waals surface area contributed by atoms with E-state index < -0.39 is 11.5 Å². The molecule has 1 atom stereocenters. The van der Waals surface area contributed by atoms with E-state index in [0.29, 0.717) is 25.4 Å².